The summed E-state index contributed by atoms with van der Waals surface area (Å²) in [5.74, 6) is 0. The van der Waals surface area contributed by atoms with Crippen molar-refractivity contribution >= 4 is 29.4 Å². The van der Waals surface area contributed by atoms with Crippen LogP contribution in [0.3, 0.4) is 0 Å². The third-order valence-corrected chi connectivity index (χ3v) is 3.11. The SMILES string of the molecule is CN(C)c1ccc(/C=C/c2ccccc2Cl)cc1. The predicted molar refractivity (Wildman–Crippen MR) is 81.1 cm³/mol. The van der Waals surface area contributed by atoms with Crippen molar-refractivity contribution in [2.45, 2.75) is 0 Å². The van der Waals surface area contributed by atoms with Crippen LogP contribution in [0.4, 0.5) is 5.69 Å². The number of nitrogens with zero attached hydrogens (tertiary/aromatic N) is 1. The molecule has 0 radical (unpaired) electrons. The molecule has 0 saturated heterocycles. The molecule has 2 aromatic rings. The lowest BCUT2D eigenvalue weighted by Crippen LogP contribution is -2.07. The van der Waals surface area contributed by atoms with Crippen molar-refractivity contribution in [2.24, 2.45) is 0 Å². The van der Waals surface area contributed by atoms with Crippen molar-refractivity contribution < 1.29 is 0 Å². The minimum atomic E-state index is 0.777. The largest absolute Gasteiger partial charge is 0.378 e. The van der Waals surface area contributed by atoms with Crippen molar-refractivity contribution in [2.75, 3.05) is 19.0 Å². The van der Waals surface area contributed by atoms with E-state index in [2.05, 4.69) is 35.2 Å². The van der Waals surface area contributed by atoms with E-state index in [1.54, 1.807) is 0 Å². The van der Waals surface area contributed by atoms with Gasteiger partial charge in [0.2, 0.25) is 0 Å². The van der Waals surface area contributed by atoms with Gasteiger partial charge in [0.05, 0.1) is 0 Å². The van der Waals surface area contributed by atoms with E-state index >= 15 is 0 Å². The number of rotatable bonds is 3. The van der Waals surface area contributed by atoms with Gasteiger partial charge in [-0.25, -0.2) is 0 Å². The third-order valence-electron chi connectivity index (χ3n) is 2.77. The van der Waals surface area contributed by atoms with E-state index in [4.69, 9.17) is 11.6 Å². The van der Waals surface area contributed by atoms with Gasteiger partial charge in [0.15, 0.2) is 0 Å². The summed E-state index contributed by atoms with van der Waals surface area (Å²) in [6, 6.07) is 16.2. The van der Waals surface area contributed by atoms with Gasteiger partial charge in [-0.15, -0.1) is 0 Å². The molecule has 1 nitrogen and oxygen atoms in total. The molecule has 18 heavy (non-hydrogen) atoms. The van der Waals surface area contributed by atoms with Crippen LogP contribution in [0.2, 0.25) is 5.02 Å². The lowest BCUT2D eigenvalue weighted by atomic mass is 10.1. The lowest BCUT2D eigenvalue weighted by Gasteiger charge is -2.11. The Labute approximate surface area is 113 Å². The smallest absolute Gasteiger partial charge is 0.0478 e. The third kappa shape index (κ3) is 3.14. The Morgan fingerprint density at radius 3 is 2.17 bits per heavy atom. The molecule has 0 unspecified atom stereocenters. The highest BCUT2D eigenvalue weighted by molar-refractivity contribution is 6.32. The lowest BCUT2D eigenvalue weighted by molar-refractivity contribution is 1.13. The fraction of sp³-hybridized carbons (Fsp3) is 0.125. The highest BCUT2D eigenvalue weighted by Gasteiger charge is 1.95. The molecule has 0 aromatic heterocycles. The Morgan fingerprint density at radius 2 is 1.56 bits per heavy atom. The number of hydrogen-bond acceptors (Lipinski definition) is 1. The fourth-order valence-corrected chi connectivity index (χ4v) is 1.88. The van der Waals surface area contributed by atoms with Crippen LogP contribution in [0.5, 0.6) is 0 Å². The molecule has 0 bridgehead atoms. The van der Waals surface area contributed by atoms with Gasteiger partial charge in [-0.3, -0.25) is 0 Å². The quantitative estimate of drug-likeness (QED) is 0.728. The fourth-order valence-electron chi connectivity index (χ4n) is 1.68. The molecule has 2 aromatic carbocycles. The second-order valence-electron chi connectivity index (χ2n) is 4.34. The molecule has 0 amide bonds. The van der Waals surface area contributed by atoms with Gasteiger partial charge < -0.3 is 4.90 Å². The summed E-state index contributed by atoms with van der Waals surface area (Å²) in [4.78, 5) is 2.08. The Hall–Kier alpha value is -1.73. The highest BCUT2D eigenvalue weighted by atomic mass is 35.5. The number of anilines is 1. The predicted octanol–water partition coefficient (Wildman–Crippen LogP) is 4.58. The van der Waals surface area contributed by atoms with Gasteiger partial charge >= 0.3 is 0 Å². The molecule has 0 aliphatic rings. The van der Waals surface area contributed by atoms with Gasteiger partial charge in [0.1, 0.15) is 0 Å². The molecule has 0 fully saturated rings. The summed E-state index contributed by atoms with van der Waals surface area (Å²) in [6.07, 6.45) is 4.10. The average Bonchev–Trinajstić information content (AvgIpc) is 2.38. The van der Waals surface area contributed by atoms with Gasteiger partial charge in [0, 0.05) is 24.8 Å². The zero-order valence-corrected chi connectivity index (χ0v) is 11.4. The first kappa shape index (κ1) is 12.7. The van der Waals surface area contributed by atoms with E-state index in [9.17, 15) is 0 Å². The maximum Gasteiger partial charge on any atom is 0.0478 e. The van der Waals surface area contributed by atoms with Crippen molar-refractivity contribution in [1.82, 2.24) is 0 Å². The van der Waals surface area contributed by atoms with Crippen molar-refractivity contribution in [3.05, 3.63) is 64.7 Å². The van der Waals surface area contributed by atoms with Gasteiger partial charge in [-0.05, 0) is 29.3 Å². The molecule has 92 valence electrons. The first-order valence-corrected chi connectivity index (χ1v) is 6.24. The molecular weight excluding hydrogens is 242 g/mol. The first-order chi connectivity index (χ1) is 8.66. The molecule has 0 heterocycles. The molecule has 0 N–H and O–H groups in total. The molecule has 2 rings (SSSR count). The van der Waals surface area contributed by atoms with Crippen molar-refractivity contribution in [1.29, 1.82) is 0 Å². The minimum Gasteiger partial charge on any atom is -0.378 e. The summed E-state index contributed by atoms with van der Waals surface area (Å²) in [6.45, 7) is 0. The summed E-state index contributed by atoms with van der Waals surface area (Å²) in [5.41, 5.74) is 3.40. The standard InChI is InChI=1S/C16H16ClN/c1-18(2)15-11-8-13(9-12-15)7-10-14-5-3-4-6-16(14)17/h3-12H,1-2H3/b10-7+. The zero-order valence-electron chi connectivity index (χ0n) is 10.6. The second-order valence-corrected chi connectivity index (χ2v) is 4.75. The van der Waals surface area contributed by atoms with Gasteiger partial charge in [-0.2, -0.15) is 0 Å². The van der Waals surface area contributed by atoms with Crippen LogP contribution >= 0.6 is 11.6 Å². The highest BCUT2D eigenvalue weighted by Crippen LogP contribution is 2.19. The van der Waals surface area contributed by atoms with E-state index in [1.165, 1.54) is 11.3 Å². The second kappa shape index (κ2) is 5.74. The van der Waals surface area contributed by atoms with Gasteiger partial charge in [-0.1, -0.05) is 54.1 Å². The van der Waals surface area contributed by atoms with E-state index in [-0.39, 0.29) is 0 Å². The summed E-state index contributed by atoms with van der Waals surface area (Å²) >= 11 is 6.10. The monoisotopic (exact) mass is 257 g/mol. The Bertz CT molecular complexity index is 541. The molecular formula is C16H16ClN. The molecule has 0 aliphatic heterocycles. The maximum absolute atomic E-state index is 6.10. The van der Waals surface area contributed by atoms with E-state index in [1.807, 2.05) is 44.4 Å². The molecule has 0 saturated carbocycles. The molecule has 0 atom stereocenters. The number of hydrogen-bond donors (Lipinski definition) is 0. The van der Waals surface area contributed by atoms with E-state index in [0.717, 1.165) is 10.6 Å². The van der Waals surface area contributed by atoms with Crippen LogP contribution in [-0.4, -0.2) is 14.1 Å². The molecule has 0 aliphatic carbocycles. The number of halogens is 1. The van der Waals surface area contributed by atoms with Crippen molar-refractivity contribution in [3.63, 3.8) is 0 Å². The van der Waals surface area contributed by atoms with Crippen LogP contribution in [0.1, 0.15) is 11.1 Å². The van der Waals surface area contributed by atoms with Crippen molar-refractivity contribution in [3.8, 4) is 0 Å². The molecule has 2 heteroatoms. The van der Waals surface area contributed by atoms with Gasteiger partial charge in [0.25, 0.3) is 0 Å². The average molecular weight is 258 g/mol. The van der Waals surface area contributed by atoms with E-state index < -0.39 is 0 Å². The topological polar surface area (TPSA) is 3.24 Å². The summed E-state index contributed by atoms with van der Waals surface area (Å²) in [5, 5.41) is 0.777. The summed E-state index contributed by atoms with van der Waals surface area (Å²) in [7, 11) is 4.07. The number of benzene rings is 2. The van der Waals surface area contributed by atoms with E-state index in [0.29, 0.717) is 0 Å². The Kier molecular flexibility index (Phi) is 4.06. The summed E-state index contributed by atoms with van der Waals surface area (Å²) < 4.78 is 0. The maximum atomic E-state index is 6.10. The van der Waals surface area contributed by atoms with Crippen LogP contribution in [0.15, 0.2) is 48.5 Å². The van der Waals surface area contributed by atoms with Crippen LogP contribution in [-0.2, 0) is 0 Å². The minimum absolute atomic E-state index is 0.777. The normalized spacial score (nSPS) is 10.8. The van der Waals surface area contributed by atoms with Crippen LogP contribution in [0, 0.1) is 0 Å². The first-order valence-electron chi connectivity index (χ1n) is 5.87. The van der Waals surface area contributed by atoms with Crippen LogP contribution in [0.25, 0.3) is 12.2 Å². The molecule has 0 spiro atoms. The van der Waals surface area contributed by atoms with Crippen LogP contribution < -0.4 is 4.90 Å². The Balaban J connectivity index is 2.17. The zero-order chi connectivity index (χ0) is 13.0. The Morgan fingerprint density at radius 1 is 0.889 bits per heavy atom.